The lowest BCUT2D eigenvalue weighted by Crippen LogP contribution is -2.37. The molecule has 202 valence electrons. The van der Waals surface area contributed by atoms with Crippen LogP contribution < -0.4 is 0 Å². The number of allylic oxidation sites excluding steroid dienone is 6. The third-order valence-electron chi connectivity index (χ3n) is 7.25. The summed E-state index contributed by atoms with van der Waals surface area (Å²) in [6, 6.07) is 0. The number of alkyl halides is 3. The second-order valence-electron chi connectivity index (χ2n) is 10.3. The summed E-state index contributed by atoms with van der Waals surface area (Å²) in [6.45, 7) is 5.54. The van der Waals surface area contributed by atoms with Gasteiger partial charge in [-0.25, -0.2) is 8.78 Å². The fourth-order valence-electron chi connectivity index (χ4n) is 5.25. The van der Waals surface area contributed by atoms with E-state index in [-0.39, 0.29) is 23.7 Å². The smallest absolute Gasteiger partial charge is 0.337 e. The molecule has 2 amide bonds. The predicted octanol–water partition coefficient (Wildman–Crippen LogP) is 5.55. The molecule has 2 aliphatic heterocycles. The molecule has 0 aromatic carbocycles. The molecule has 0 saturated carbocycles. The number of likely N-dealkylation sites (tertiary alicyclic amines) is 1. The van der Waals surface area contributed by atoms with Crippen LogP contribution in [0.4, 0.5) is 22.0 Å². The Kier molecular flexibility index (Phi) is 7.89. The van der Waals surface area contributed by atoms with E-state index in [9.17, 15) is 31.5 Å². The van der Waals surface area contributed by atoms with Crippen molar-refractivity contribution in [3.63, 3.8) is 0 Å². The molecule has 0 spiro atoms. The molecule has 1 fully saturated rings. The van der Waals surface area contributed by atoms with Gasteiger partial charge in [-0.2, -0.15) is 18.3 Å². The van der Waals surface area contributed by atoms with E-state index in [1.165, 1.54) is 6.08 Å². The van der Waals surface area contributed by atoms with E-state index in [1.807, 2.05) is 13.8 Å². The standard InChI is InChI=1S/C26H31F5N4O2/c1-15(2)12-22(36)35-11-8-18-21(14-35)32-33-24(18)25(37)34-9-3-4-16(7-10-34)17-5-6-20(27)23(28)19(13-17)26(29,30)31/h5-6,15-16H,3-4,7-14H2,1-2H3,(H,32,33). The molecule has 3 heterocycles. The number of halogens is 5. The summed E-state index contributed by atoms with van der Waals surface area (Å²) in [5.74, 6) is -3.68. The number of carbonyl (C=O) groups is 2. The topological polar surface area (TPSA) is 69.3 Å². The zero-order valence-corrected chi connectivity index (χ0v) is 20.9. The molecule has 1 N–H and O–H groups in total. The van der Waals surface area contributed by atoms with Gasteiger partial charge in [0.2, 0.25) is 5.91 Å². The molecule has 1 aromatic rings. The zero-order valence-electron chi connectivity index (χ0n) is 20.9. The average molecular weight is 527 g/mol. The molecule has 0 radical (unpaired) electrons. The van der Waals surface area contributed by atoms with Crippen LogP contribution in [0.2, 0.25) is 0 Å². The van der Waals surface area contributed by atoms with Crippen LogP contribution in [-0.4, -0.2) is 57.6 Å². The number of nitrogens with one attached hydrogen (secondary N) is 1. The van der Waals surface area contributed by atoms with Crippen molar-refractivity contribution in [2.45, 2.75) is 65.1 Å². The first-order valence-corrected chi connectivity index (χ1v) is 12.6. The Hall–Kier alpha value is -2.98. The molecule has 6 nitrogen and oxygen atoms in total. The average Bonchev–Trinajstić information content (AvgIpc) is 2.99. The minimum absolute atomic E-state index is 0.0626. The lowest BCUT2D eigenvalue weighted by Gasteiger charge is -2.28. The summed E-state index contributed by atoms with van der Waals surface area (Å²) in [7, 11) is 0. The quantitative estimate of drug-likeness (QED) is 0.523. The minimum Gasteiger partial charge on any atom is -0.337 e. The number of aromatic nitrogens is 2. The third kappa shape index (κ3) is 5.96. The Bertz CT molecular complexity index is 1150. The van der Waals surface area contributed by atoms with E-state index in [2.05, 4.69) is 10.2 Å². The van der Waals surface area contributed by atoms with Crippen LogP contribution in [0.25, 0.3) is 0 Å². The van der Waals surface area contributed by atoms with Gasteiger partial charge in [0, 0.05) is 38.0 Å². The van der Waals surface area contributed by atoms with E-state index in [0.717, 1.165) is 17.3 Å². The molecule has 3 aliphatic rings. The van der Waals surface area contributed by atoms with Crippen molar-refractivity contribution in [2.24, 2.45) is 11.8 Å². The van der Waals surface area contributed by atoms with Gasteiger partial charge in [0.25, 0.3) is 5.91 Å². The van der Waals surface area contributed by atoms with Crippen LogP contribution in [0.3, 0.4) is 0 Å². The van der Waals surface area contributed by atoms with Crippen LogP contribution in [0.5, 0.6) is 0 Å². The third-order valence-corrected chi connectivity index (χ3v) is 7.25. The number of hydrogen-bond acceptors (Lipinski definition) is 3. The number of aromatic amines is 1. The van der Waals surface area contributed by atoms with Crippen LogP contribution in [0.15, 0.2) is 35.0 Å². The Labute approximate surface area is 212 Å². The molecule has 1 unspecified atom stereocenters. The molecule has 1 atom stereocenters. The maximum atomic E-state index is 14.0. The van der Waals surface area contributed by atoms with Crippen molar-refractivity contribution in [1.82, 2.24) is 20.0 Å². The minimum atomic E-state index is -4.97. The van der Waals surface area contributed by atoms with Crippen molar-refractivity contribution < 1.29 is 31.5 Å². The number of fused-ring (bicyclic) bond motifs is 1. The highest BCUT2D eigenvalue weighted by molar-refractivity contribution is 5.94. The van der Waals surface area contributed by atoms with Crippen LogP contribution >= 0.6 is 0 Å². The largest absolute Gasteiger partial charge is 0.415 e. The second-order valence-corrected chi connectivity index (χ2v) is 10.3. The fourth-order valence-corrected chi connectivity index (χ4v) is 5.25. The summed E-state index contributed by atoms with van der Waals surface area (Å²) >= 11 is 0. The van der Waals surface area contributed by atoms with Gasteiger partial charge in [0.05, 0.1) is 17.8 Å². The summed E-state index contributed by atoms with van der Waals surface area (Å²) in [6.07, 6.45) is -1.30. The number of carbonyl (C=O) groups excluding carboxylic acids is 2. The summed E-state index contributed by atoms with van der Waals surface area (Å²) < 4.78 is 67.9. The SMILES string of the molecule is CC(C)CC(=O)N1CCc2c(C(=O)N3CCCC(C4=CC=C(F)C(F)=C(C(F)(F)F)C4)CC3)n[nH]c2C1. The number of amides is 2. The van der Waals surface area contributed by atoms with Crippen LogP contribution in [-0.2, 0) is 17.8 Å². The molecule has 0 bridgehead atoms. The molecule has 1 aliphatic carbocycles. The van der Waals surface area contributed by atoms with Crippen molar-refractivity contribution in [3.8, 4) is 0 Å². The van der Waals surface area contributed by atoms with Gasteiger partial charge >= 0.3 is 6.18 Å². The van der Waals surface area contributed by atoms with E-state index < -0.39 is 29.8 Å². The van der Waals surface area contributed by atoms with E-state index in [4.69, 9.17) is 0 Å². The van der Waals surface area contributed by atoms with Crippen molar-refractivity contribution in [2.75, 3.05) is 19.6 Å². The molecular weight excluding hydrogens is 495 g/mol. The highest BCUT2D eigenvalue weighted by Gasteiger charge is 2.40. The van der Waals surface area contributed by atoms with Gasteiger partial charge in [-0.1, -0.05) is 25.5 Å². The van der Waals surface area contributed by atoms with E-state index in [0.29, 0.717) is 69.6 Å². The second kappa shape index (κ2) is 10.8. The molecular formula is C26H31F5N4O2. The molecule has 1 saturated heterocycles. The highest BCUT2D eigenvalue weighted by Crippen LogP contribution is 2.41. The Morgan fingerprint density at radius 3 is 2.57 bits per heavy atom. The Balaban J connectivity index is 1.43. The summed E-state index contributed by atoms with van der Waals surface area (Å²) in [4.78, 5) is 29.2. The van der Waals surface area contributed by atoms with Gasteiger partial charge in [0.1, 0.15) is 0 Å². The first-order valence-electron chi connectivity index (χ1n) is 12.6. The maximum Gasteiger partial charge on any atom is 0.415 e. The fraction of sp³-hybridized carbons (Fsp3) is 0.577. The first-order chi connectivity index (χ1) is 17.5. The van der Waals surface area contributed by atoms with Crippen molar-refractivity contribution in [1.29, 1.82) is 0 Å². The molecule has 37 heavy (non-hydrogen) atoms. The zero-order chi connectivity index (χ0) is 26.9. The van der Waals surface area contributed by atoms with Crippen molar-refractivity contribution >= 4 is 11.8 Å². The predicted molar refractivity (Wildman–Crippen MR) is 126 cm³/mol. The van der Waals surface area contributed by atoms with E-state index >= 15 is 0 Å². The monoisotopic (exact) mass is 526 g/mol. The molecule has 4 rings (SSSR count). The van der Waals surface area contributed by atoms with Crippen LogP contribution in [0.1, 0.15) is 67.7 Å². The number of hydrogen-bond donors (Lipinski definition) is 1. The highest BCUT2D eigenvalue weighted by atomic mass is 19.4. The lowest BCUT2D eigenvalue weighted by atomic mass is 9.87. The van der Waals surface area contributed by atoms with E-state index in [1.54, 1.807) is 9.80 Å². The first kappa shape index (κ1) is 27.1. The Morgan fingerprint density at radius 1 is 1.11 bits per heavy atom. The normalized spacial score (nSPS) is 21.4. The molecule has 1 aromatic heterocycles. The Morgan fingerprint density at radius 2 is 1.86 bits per heavy atom. The summed E-state index contributed by atoms with van der Waals surface area (Å²) in [5, 5.41) is 7.15. The van der Waals surface area contributed by atoms with Gasteiger partial charge < -0.3 is 9.80 Å². The lowest BCUT2D eigenvalue weighted by molar-refractivity contribution is -0.132. The number of rotatable bonds is 4. The van der Waals surface area contributed by atoms with Crippen molar-refractivity contribution in [3.05, 3.63) is 51.9 Å². The number of H-pyrrole nitrogens is 1. The van der Waals surface area contributed by atoms with Crippen LogP contribution in [0, 0.1) is 11.8 Å². The van der Waals surface area contributed by atoms with Gasteiger partial charge in [-0.15, -0.1) is 0 Å². The maximum absolute atomic E-state index is 14.0. The summed E-state index contributed by atoms with van der Waals surface area (Å²) in [5.41, 5.74) is 0.652. The van der Waals surface area contributed by atoms with Gasteiger partial charge in [-0.3, -0.25) is 14.7 Å². The molecule has 11 heteroatoms. The van der Waals surface area contributed by atoms with Gasteiger partial charge in [-0.05, 0) is 43.6 Å². The van der Waals surface area contributed by atoms with Gasteiger partial charge in [0.15, 0.2) is 17.3 Å². The number of nitrogens with zero attached hydrogens (tertiary/aromatic N) is 3.